The number of hydrogen-bond acceptors (Lipinski definition) is 3. The lowest BCUT2D eigenvalue weighted by atomic mass is 9.90. The third-order valence-electron chi connectivity index (χ3n) is 3.14. The number of esters is 1. The van der Waals surface area contributed by atoms with Crippen LogP contribution in [0, 0.1) is 0 Å². The summed E-state index contributed by atoms with van der Waals surface area (Å²) in [6.07, 6.45) is 1.93. The van der Waals surface area contributed by atoms with E-state index in [9.17, 15) is 4.79 Å². The fourth-order valence-electron chi connectivity index (χ4n) is 2.21. The van der Waals surface area contributed by atoms with Crippen molar-refractivity contribution in [2.45, 2.75) is 4.75 Å². The van der Waals surface area contributed by atoms with Gasteiger partial charge in [-0.05, 0) is 17.4 Å². The van der Waals surface area contributed by atoms with Gasteiger partial charge in [0, 0.05) is 0 Å². The molecule has 0 atom stereocenters. The first-order valence-corrected chi connectivity index (χ1v) is 7.22. The summed E-state index contributed by atoms with van der Waals surface area (Å²) in [6, 6.07) is 19.5. The molecule has 0 unspecified atom stereocenters. The van der Waals surface area contributed by atoms with Crippen LogP contribution in [0.5, 0.6) is 0 Å². The van der Waals surface area contributed by atoms with Gasteiger partial charge in [0.2, 0.25) is 0 Å². The van der Waals surface area contributed by atoms with Crippen molar-refractivity contribution in [3.8, 4) is 0 Å². The molecule has 0 radical (unpaired) electrons. The second-order valence-electron chi connectivity index (χ2n) is 4.11. The number of benzene rings is 2. The average Bonchev–Trinajstić information content (AvgIpc) is 2.50. The van der Waals surface area contributed by atoms with Gasteiger partial charge >= 0.3 is 5.97 Å². The van der Waals surface area contributed by atoms with Crippen LogP contribution in [-0.2, 0) is 14.3 Å². The van der Waals surface area contributed by atoms with E-state index in [1.165, 1.54) is 18.9 Å². The maximum absolute atomic E-state index is 12.4. The Hall–Kier alpha value is -1.74. The molecule has 19 heavy (non-hydrogen) atoms. The SMILES string of the molecule is COC(=O)C(SC)(c1ccccc1)c1ccccc1. The maximum atomic E-state index is 12.4. The highest BCUT2D eigenvalue weighted by molar-refractivity contribution is 8.00. The monoisotopic (exact) mass is 272 g/mol. The third-order valence-corrected chi connectivity index (χ3v) is 4.39. The van der Waals surface area contributed by atoms with E-state index >= 15 is 0 Å². The Morgan fingerprint density at radius 3 is 1.68 bits per heavy atom. The molecule has 2 rings (SSSR count). The maximum Gasteiger partial charge on any atom is 0.331 e. The van der Waals surface area contributed by atoms with E-state index in [4.69, 9.17) is 4.74 Å². The van der Waals surface area contributed by atoms with Crippen molar-refractivity contribution < 1.29 is 9.53 Å². The molecule has 0 aliphatic carbocycles. The number of hydrogen-bond donors (Lipinski definition) is 0. The quantitative estimate of drug-likeness (QED) is 0.797. The van der Waals surface area contributed by atoms with Gasteiger partial charge in [-0.2, -0.15) is 0 Å². The molecule has 2 aromatic rings. The van der Waals surface area contributed by atoms with E-state index in [-0.39, 0.29) is 5.97 Å². The molecule has 2 nitrogen and oxygen atoms in total. The number of ether oxygens (including phenoxy) is 1. The van der Waals surface area contributed by atoms with E-state index in [1.807, 2.05) is 66.9 Å². The molecule has 2 aromatic carbocycles. The van der Waals surface area contributed by atoms with Crippen molar-refractivity contribution >= 4 is 17.7 Å². The Morgan fingerprint density at radius 2 is 1.37 bits per heavy atom. The summed E-state index contributed by atoms with van der Waals surface area (Å²) < 4.78 is 4.25. The number of carbonyl (C=O) groups is 1. The standard InChI is InChI=1S/C16H16O2S/c1-18-15(17)16(19-2,13-9-5-3-6-10-13)14-11-7-4-8-12-14/h3-12H,1-2H3. The van der Waals surface area contributed by atoms with Crippen molar-refractivity contribution in [3.63, 3.8) is 0 Å². The van der Waals surface area contributed by atoms with Crippen molar-refractivity contribution in [1.29, 1.82) is 0 Å². The fraction of sp³-hybridized carbons (Fsp3) is 0.188. The molecule has 0 N–H and O–H groups in total. The number of rotatable bonds is 4. The molecule has 3 heteroatoms. The Kier molecular flexibility index (Phi) is 4.27. The molecular weight excluding hydrogens is 256 g/mol. The number of carbonyl (C=O) groups excluding carboxylic acids is 1. The van der Waals surface area contributed by atoms with E-state index in [0.717, 1.165) is 11.1 Å². The van der Waals surface area contributed by atoms with Crippen molar-refractivity contribution in [2.24, 2.45) is 0 Å². The van der Waals surface area contributed by atoms with Crippen LogP contribution in [0.3, 0.4) is 0 Å². The largest absolute Gasteiger partial charge is 0.467 e. The topological polar surface area (TPSA) is 26.3 Å². The van der Waals surface area contributed by atoms with E-state index in [0.29, 0.717) is 0 Å². The van der Waals surface area contributed by atoms with Crippen LogP contribution >= 0.6 is 11.8 Å². The summed E-state index contributed by atoms with van der Waals surface area (Å²) >= 11 is 1.48. The number of methoxy groups -OCH3 is 1. The van der Waals surface area contributed by atoms with Gasteiger partial charge in [-0.25, -0.2) is 4.79 Å². The van der Waals surface area contributed by atoms with E-state index < -0.39 is 4.75 Å². The summed E-state index contributed by atoms with van der Waals surface area (Å²) in [7, 11) is 1.43. The van der Waals surface area contributed by atoms with Gasteiger partial charge in [0.25, 0.3) is 0 Å². The molecule has 0 aliphatic heterocycles. The first kappa shape index (κ1) is 13.7. The van der Waals surface area contributed by atoms with Crippen molar-refractivity contribution in [1.82, 2.24) is 0 Å². The molecule has 0 heterocycles. The van der Waals surface area contributed by atoms with Crippen LogP contribution in [0.15, 0.2) is 60.7 Å². The van der Waals surface area contributed by atoms with Crippen LogP contribution in [0.25, 0.3) is 0 Å². The van der Waals surface area contributed by atoms with Gasteiger partial charge in [0.1, 0.15) is 0 Å². The van der Waals surface area contributed by atoms with Crippen LogP contribution in [0.2, 0.25) is 0 Å². The Labute approximate surface area is 117 Å². The first-order valence-electron chi connectivity index (χ1n) is 6.00. The Morgan fingerprint density at radius 1 is 0.947 bits per heavy atom. The first-order chi connectivity index (χ1) is 9.25. The molecular formula is C16H16O2S. The normalized spacial score (nSPS) is 11.1. The zero-order chi connectivity index (χ0) is 13.7. The summed E-state index contributed by atoms with van der Waals surface area (Å²) in [5, 5.41) is 0. The summed E-state index contributed by atoms with van der Waals surface area (Å²) in [6.45, 7) is 0. The van der Waals surface area contributed by atoms with Gasteiger partial charge in [-0.15, -0.1) is 11.8 Å². The zero-order valence-electron chi connectivity index (χ0n) is 11.0. The molecule has 0 aromatic heterocycles. The lowest BCUT2D eigenvalue weighted by Gasteiger charge is -2.30. The Bertz CT molecular complexity index is 498. The molecule has 0 amide bonds. The van der Waals surface area contributed by atoms with Crippen molar-refractivity contribution in [3.05, 3.63) is 71.8 Å². The summed E-state index contributed by atoms with van der Waals surface area (Å²) in [5.41, 5.74) is 1.86. The zero-order valence-corrected chi connectivity index (χ0v) is 11.8. The molecule has 98 valence electrons. The molecule has 0 fully saturated rings. The van der Waals surface area contributed by atoms with Gasteiger partial charge in [-0.3, -0.25) is 0 Å². The van der Waals surface area contributed by atoms with Crippen LogP contribution in [0.1, 0.15) is 11.1 Å². The predicted octanol–water partition coefficient (Wildman–Crippen LogP) is 3.47. The number of thioether (sulfide) groups is 1. The fourth-order valence-corrected chi connectivity index (χ4v) is 3.20. The van der Waals surface area contributed by atoms with Gasteiger partial charge in [-0.1, -0.05) is 60.7 Å². The third kappa shape index (κ3) is 2.38. The predicted molar refractivity (Wildman–Crippen MR) is 79.2 cm³/mol. The van der Waals surface area contributed by atoms with E-state index in [2.05, 4.69) is 0 Å². The van der Waals surface area contributed by atoms with Crippen molar-refractivity contribution in [2.75, 3.05) is 13.4 Å². The van der Waals surface area contributed by atoms with Crippen LogP contribution in [-0.4, -0.2) is 19.3 Å². The van der Waals surface area contributed by atoms with Gasteiger partial charge < -0.3 is 4.74 Å². The second-order valence-corrected chi connectivity index (χ2v) is 5.13. The highest BCUT2D eigenvalue weighted by Crippen LogP contribution is 2.42. The molecule has 0 bridgehead atoms. The molecule has 0 saturated carbocycles. The molecule has 0 saturated heterocycles. The lowest BCUT2D eigenvalue weighted by molar-refractivity contribution is -0.142. The lowest BCUT2D eigenvalue weighted by Crippen LogP contribution is -2.34. The van der Waals surface area contributed by atoms with Gasteiger partial charge in [0.05, 0.1) is 7.11 Å². The van der Waals surface area contributed by atoms with Crippen LogP contribution < -0.4 is 0 Å². The summed E-state index contributed by atoms with van der Waals surface area (Å²) in [5.74, 6) is -0.252. The smallest absolute Gasteiger partial charge is 0.331 e. The minimum atomic E-state index is -0.808. The second kappa shape index (κ2) is 5.93. The Balaban J connectivity index is 2.66. The van der Waals surface area contributed by atoms with E-state index in [1.54, 1.807) is 0 Å². The van der Waals surface area contributed by atoms with Gasteiger partial charge in [0.15, 0.2) is 4.75 Å². The molecule has 0 spiro atoms. The minimum absolute atomic E-state index is 0.252. The highest BCUT2D eigenvalue weighted by Gasteiger charge is 2.42. The average molecular weight is 272 g/mol. The van der Waals surface area contributed by atoms with Crippen LogP contribution in [0.4, 0.5) is 0 Å². The highest BCUT2D eigenvalue weighted by atomic mass is 32.2. The summed E-state index contributed by atoms with van der Waals surface area (Å²) in [4.78, 5) is 12.4. The minimum Gasteiger partial charge on any atom is -0.467 e. The molecule has 0 aliphatic rings.